The van der Waals surface area contributed by atoms with Crippen LogP contribution in [0.3, 0.4) is 0 Å². The number of rotatable bonds is 4. The molecule has 1 amide bonds. The first kappa shape index (κ1) is 14.8. The minimum absolute atomic E-state index is 0.169. The van der Waals surface area contributed by atoms with Crippen LogP contribution in [0.15, 0.2) is 52.4 Å². The molecular weight excluding hydrogens is 320 g/mol. The van der Waals surface area contributed by atoms with E-state index in [0.717, 1.165) is 10.4 Å². The molecule has 3 rings (SSSR count). The van der Waals surface area contributed by atoms with Crippen LogP contribution in [0.2, 0.25) is 5.02 Å². The Hall–Kier alpha value is -2.11. The van der Waals surface area contributed by atoms with Gasteiger partial charge in [-0.25, -0.2) is 0 Å². The third-order valence-electron chi connectivity index (χ3n) is 3.18. The van der Waals surface area contributed by atoms with Crippen molar-refractivity contribution >= 4 is 28.8 Å². The maximum Gasteiger partial charge on any atom is 0.276 e. The maximum absolute atomic E-state index is 12.4. The molecule has 3 aromatic rings. The number of thiophene rings is 1. The topological polar surface area (TPSA) is 46.3 Å². The maximum atomic E-state index is 12.4. The molecular formula is C16H13ClN2O2S. The van der Waals surface area contributed by atoms with Crippen molar-refractivity contribution in [1.29, 1.82) is 0 Å². The number of carbonyl (C=O) groups is 1. The lowest BCUT2D eigenvalue weighted by atomic mass is 10.1. The summed E-state index contributed by atoms with van der Waals surface area (Å²) < 4.78 is 5.26. The molecule has 0 aliphatic heterocycles. The molecule has 2 heterocycles. The van der Waals surface area contributed by atoms with Gasteiger partial charge in [0.25, 0.3) is 5.91 Å². The highest BCUT2D eigenvalue weighted by atomic mass is 35.5. The smallest absolute Gasteiger partial charge is 0.276 e. The number of benzene rings is 1. The highest BCUT2D eigenvalue weighted by Crippen LogP contribution is 2.23. The number of amides is 1. The van der Waals surface area contributed by atoms with Gasteiger partial charge in [0.2, 0.25) is 0 Å². The Balaban J connectivity index is 1.75. The van der Waals surface area contributed by atoms with Crippen molar-refractivity contribution in [2.24, 2.45) is 0 Å². The molecule has 22 heavy (non-hydrogen) atoms. The number of carbonyl (C=O) groups excluding carboxylic acids is 1. The summed E-state index contributed by atoms with van der Waals surface area (Å²) in [7, 11) is 1.75. The van der Waals surface area contributed by atoms with E-state index in [4.69, 9.17) is 16.1 Å². The first-order chi connectivity index (χ1) is 10.6. The Bertz CT molecular complexity index is 766. The third-order valence-corrected chi connectivity index (χ3v) is 4.29. The zero-order valence-corrected chi connectivity index (χ0v) is 13.4. The molecule has 1 aromatic carbocycles. The van der Waals surface area contributed by atoms with E-state index in [1.807, 2.05) is 29.6 Å². The minimum Gasteiger partial charge on any atom is -0.355 e. The summed E-state index contributed by atoms with van der Waals surface area (Å²) >= 11 is 7.47. The van der Waals surface area contributed by atoms with E-state index in [1.165, 1.54) is 0 Å². The Labute approximate surface area is 136 Å². The molecule has 0 fully saturated rings. The normalized spacial score (nSPS) is 10.6. The zero-order chi connectivity index (χ0) is 15.5. The van der Waals surface area contributed by atoms with E-state index >= 15 is 0 Å². The van der Waals surface area contributed by atoms with Crippen molar-refractivity contribution in [3.05, 3.63) is 63.4 Å². The van der Waals surface area contributed by atoms with E-state index in [9.17, 15) is 4.79 Å². The van der Waals surface area contributed by atoms with Gasteiger partial charge in [0.1, 0.15) is 0 Å². The van der Waals surface area contributed by atoms with E-state index in [-0.39, 0.29) is 5.91 Å². The SMILES string of the molecule is CN(Cc1cccs1)C(=O)c1cc(-c2ccc(Cl)cc2)on1. The highest BCUT2D eigenvalue weighted by Gasteiger charge is 2.18. The molecule has 0 bridgehead atoms. The lowest BCUT2D eigenvalue weighted by molar-refractivity contribution is 0.0776. The molecule has 0 radical (unpaired) electrons. The average molecular weight is 333 g/mol. The fourth-order valence-corrected chi connectivity index (χ4v) is 2.91. The summed E-state index contributed by atoms with van der Waals surface area (Å²) in [6.07, 6.45) is 0. The quantitative estimate of drug-likeness (QED) is 0.714. The molecule has 0 atom stereocenters. The largest absolute Gasteiger partial charge is 0.355 e. The van der Waals surface area contributed by atoms with Crippen LogP contribution < -0.4 is 0 Å². The van der Waals surface area contributed by atoms with Gasteiger partial charge in [0, 0.05) is 28.6 Å². The highest BCUT2D eigenvalue weighted by molar-refractivity contribution is 7.09. The molecule has 0 N–H and O–H groups in total. The molecule has 2 aromatic heterocycles. The minimum atomic E-state index is -0.169. The predicted molar refractivity (Wildman–Crippen MR) is 87.1 cm³/mol. The van der Waals surface area contributed by atoms with Crippen LogP contribution in [0, 0.1) is 0 Å². The van der Waals surface area contributed by atoms with Crippen LogP contribution >= 0.6 is 22.9 Å². The molecule has 4 nitrogen and oxygen atoms in total. The summed E-state index contributed by atoms with van der Waals surface area (Å²) in [6, 6.07) is 12.8. The number of aromatic nitrogens is 1. The van der Waals surface area contributed by atoms with Gasteiger partial charge >= 0.3 is 0 Å². The van der Waals surface area contributed by atoms with Crippen molar-refractivity contribution in [3.8, 4) is 11.3 Å². The second kappa shape index (κ2) is 6.34. The van der Waals surface area contributed by atoms with Crippen LogP contribution in [0.1, 0.15) is 15.4 Å². The average Bonchev–Trinajstić information content (AvgIpc) is 3.18. The summed E-state index contributed by atoms with van der Waals surface area (Å²) in [6.45, 7) is 0.555. The lowest BCUT2D eigenvalue weighted by Crippen LogP contribution is -2.26. The molecule has 112 valence electrons. The Morgan fingerprint density at radius 1 is 1.32 bits per heavy atom. The molecule has 0 saturated carbocycles. The predicted octanol–water partition coefficient (Wildman–Crippen LogP) is 4.33. The van der Waals surface area contributed by atoms with Crippen LogP contribution in [-0.2, 0) is 6.54 Å². The Morgan fingerprint density at radius 2 is 2.09 bits per heavy atom. The third kappa shape index (κ3) is 3.21. The van der Waals surface area contributed by atoms with Crippen molar-refractivity contribution in [3.63, 3.8) is 0 Å². The second-order valence-corrected chi connectivity index (χ2v) is 6.29. The van der Waals surface area contributed by atoms with Gasteiger partial charge in [-0.15, -0.1) is 11.3 Å². The summed E-state index contributed by atoms with van der Waals surface area (Å²) in [5, 5.41) is 6.51. The number of hydrogen-bond donors (Lipinski definition) is 0. The van der Waals surface area contributed by atoms with Gasteiger partial charge < -0.3 is 9.42 Å². The molecule has 0 aliphatic carbocycles. The van der Waals surface area contributed by atoms with Gasteiger partial charge in [-0.3, -0.25) is 4.79 Å². The van der Waals surface area contributed by atoms with Crippen LogP contribution in [0.25, 0.3) is 11.3 Å². The van der Waals surface area contributed by atoms with E-state index in [0.29, 0.717) is 23.0 Å². The number of nitrogens with zero attached hydrogens (tertiary/aromatic N) is 2. The number of halogens is 1. The first-order valence-electron chi connectivity index (χ1n) is 6.64. The molecule has 6 heteroatoms. The Morgan fingerprint density at radius 3 is 2.77 bits per heavy atom. The molecule has 0 unspecified atom stereocenters. The second-order valence-electron chi connectivity index (χ2n) is 4.82. The van der Waals surface area contributed by atoms with Crippen LogP contribution in [0.5, 0.6) is 0 Å². The van der Waals surface area contributed by atoms with E-state index in [1.54, 1.807) is 41.5 Å². The van der Waals surface area contributed by atoms with Crippen LogP contribution in [-0.4, -0.2) is 23.0 Å². The fraction of sp³-hybridized carbons (Fsp3) is 0.125. The first-order valence-corrected chi connectivity index (χ1v) is 7.90. The van der Waals surface area contributed by atoms with Crippen molar-refractivity contribution < 1.29 is 9.32 Å². The standard InChI is InChI=1S/C16H13ClN2O2S/c1-19(10-13-3-2-8-22-13)16(20)14-9-15(21-18-14)11-4-6-12(17)7-5-11/h2-9H,10H2,1H3. The lowest BCUT2D eigenvalue weighted by Gasteiger charge is -2.13. The van der Waals surface area contributed by atoms with Gasteiger partial charge in [0.15, 0.2) is 11.5 Å². The zero-order valence-electron chi connectivity index (χ0n) is 11.8. The Kier molecular flexibility index (Phi) is 4.27. The van der Waals surface area contributed by atoms with Crippen molar-refractivity contribution in [1.82, 2.24) is 10.1 Å². The summed E-state index contributed by atoms with van der Waals surface area (Å²) in [4.78, 5) is 15.1. The van der Waals surface area contributed by atoms with Gasteiger partial charge in [0.05, 0.1) is 6.54 Å². The van der Waals surface area contributed by atoms with Gasteiger partial charge in [-0.1, -0.05) is 22.8 Å². The molecule has 0 saturated heterocycles. The molecule has 0 aliphatic rings. The van der Waals surface area contributed by atoms with Crippen molar-refractivity contribution in [2.75, 3.05) is 7.05 Å². The van der Waals surface area contributed by atoms with E-state index < -0.39 is 0 Å². The van der Waals surface area contributed by atoms with Gasteiger partial charge in [-0.05, 0) is 35.7 Å². The van der Waals surface area contributed by atoms with Crippen molar-refractivity contribution in [2.45, 2.75) is 6.54 Å². The monoisotopic (exact) mass is 332 g/mol. The summed E-state index contributed by atoms with van der Waals surface area (Å²) in [5.74, 6) is 0.377. The summed E-state index contributed by atoms with van der Waals surface area (Å²) in [5.41, 5.74) is 1.13. The van der Waals surface area contributed by atoms with E-state index in [2.05, 4.69) is 5.16 Å². The fourth-order valence-electron chi connectivity index (χ4n) is 2.03. The van der Waals surface area contributed by atoms with Gasteiger partial charge in [-0.2, -0.15) is 0 Å². The van der Waals surface area contributed by atoms with Crippen LogP contribution in [0.4, 0.5) is 0 Å². The molecule has 0 spiro atoms. The number of hydrogen-bond acceptors (Lipinski definition) is 4.